The minimum absolute atomic E-state index is 0.0503. The highest BCUT2D eigenvalue weighted by Crippen LogP contribution is 2.21. The highest BCUT2D eigenvalue weighted by molar-refractivity contribution is 6.30. The van der Waals surface area contributed by atoms with E-state index in [-0.39, 0.29) is 43.5 Å². The lowest BCUT2D eigenvalue weighted by molar-refractivity contribution is -0.118. The zero-order valence-corrected chi connectivity index (χ0v) is 18.5. The Morgan fingerprint density at radius 3 is 2.44 bits per heavy atom. The Balaban J connectivity index is 1.97. The van der Waals surface area contributed by atoms with Gasteiger partial charge in [0.25, 0.3) is 5.56 Å². The van der Waals surface area contributed by atoms with Gasteiger partial charge in [-0.2, -0.15) is 0 Å². The van der Waals surface area contributed by atoms with Crippen molar-refractivity contribution in [3.05, 3.63) is 91.6 Å². The Morgan fingerprint density at radius 1 is 1.09 bits per heavy atom. The zero-order chi connectivity index (χ0) is 23.1. The lowest BCUT2D eigenvalue weighted by Crippen LogP contribution is -2.41. The monoisotopic (exact) mass is 456 g/mol. The number of nitrogens with zero attached hydrogens (tertiary/aromatic N) is 2. The van der Waals surface area contributed by atoms with Gasteiger partial charge in [0.2, 0.25) is 5.91 Å². The highest BCUT2D eigenvalue weighted by Gasteiger charge is 2.24. The normalized spacial score (nSPS) is 10.8. The van der Waals surface area contributed by atoms with E-state index in [1.54, 1.807) is 12.1 Å². The molecule has 0 aliphatic rings. The molecule has 0 bridgehead atoms. The molecular formula is C23H25ClN4O4. The molecule has 0 radical (unpaired) electrons. The van der Waals surface area contributed by atoms with Crippen molar-refractivity contribution in [2.45, 2.75) is 25.9 Å². The van der Waals surface area contributed by atoms with E-state index in [1.165, 1.54) is 16.6 Å². The lowest BCUT2D eigenvalue weighted by atomic mass is 10.1. The first-order valence-corrected chi connectivity index (χ1v) is 10.5. The van der Waals surface area contributed by atoms with E-state index < -0.39 is 11.2 Å². The van der Waals surface area contributed by atoms with Crippen molar-refractivity contribution < 1.29 is 9.53 Å². The molecule has 0 spiro atoms. The van der Waals surface area contributed by atoms with Crippen molar-refractivity contribution in [2.24, 2.45) is 0 Å². The summed E-state index contributed by atoms with van der Waals surface area (Å²) in [6.07, 6.45) is 0.604. The second kappa shape index (κ2) is 10.8. The molecule has 3 rings (SSSR count). The van der Waals surface area contributed by atoms with E-state index in [4.69, 9.17) is 22.1 Å². The average Bonchev–Trinajstić information content (AvgIpc) is 2.78. The quantitative estimate of drug-likeness (QED) is 0.514. The number of carbonyl (C=O) groups excluding carboxylic acids is 1. The summed E-state index contributed by atoms with van der Waals surface area (Å²) >= 11 is 5.93. The van der Waals surface area contributed by atoms with E-state index in [1.807, 2.05) is 42.5 Å². The predicted octanol–water partition coefficient (Wildman–Crippen LogP) is 2.58. The number of methoxy groups -OCH3 is 1. The summed E-state index contributed by atoms with van der Waals surface area (Å²) in [6.45, 7) is 0.498. The minimum atomic E-state index is -0.711. The molecular weight excluding hydrogens is 432 g/mol. The van der Waals surface area contributed by atoms with Crippen LogP contribution in [0.4, 0.5) is 11.5 Å². The van der Waals surface area contributed by atoms with E-state index >= 15 is 0 Å². The number of carbonyl (C=O) groups is 1. The number of benzene rings is 2. The van der Waals surface area contributed by atoms with Crippen LogP contribution in [0.5, 0.6) is 0 Å². The number of nitrogen functional groups attached to an aromatic ring is 1. The SMILES string of the molecule is COCCn1c(N)c(N(Cc2ccccc2)C(=O)CCc2ccc(Cl)cc2)c(=O)[nH]c1=O. The zero-order valence-electron chi connectivity index (χ0n) is 17.7. The molecule has 0 aliphatic carbocycles. The Bertz CT molecular complexity index is 1170. The molecule has 0 saturated carbocycles. The van der Waals surface area contributed by atoms with Crippen molar-refractivity contribution in [1.29, 1.82) is 0 Å². The van der Waals surface area contributed by atoms with Crippen LogP contribution >= 0.6 is 11.6 Å². The van der Waals surface area contributed by atoms with Crippen LogP contribution in [0.15, 0.2) is 64.2 Å². The number of ether oxygens (including phenoxy) is 1. The van der Waals surface area contributed by atoms with Crippen molar-refractivity contribution >= 4 is 29.0 Å². The Kier molecular flexibility index (Phi) is 7.86. The van der Waals surface area contributed by atoms with Gasteiger partial charge >= 0.3 is 5.69 Å². The van der Waals surface area contributed by atoms with Gasteiger partial charge in [-0.05, 0) is 29.7 Å². The van der Waals surface area contributed by atoms with Crippen LogP contribution < -0.4 is 21.9 Å². The molecule has 1 heterocycles. The number of H-pyrrole nitrogens is 1. The molecule has 3 aromatic rings. The molecule has 0 atom stereocenters. The van der Waals surface area contributed by atoms with Crippen molar-refractivity contribution in [3.63, 3.8) is 0 Å². The number of hydrogen-bond donors (Lipinski definition) is 2. The largest absolute Gasteiger partial charge is 0.383 e. The number of anilines is 2. The third-order valence-corrected chi connectivity index (χ3v) is 5.28. The summed E-state index contributed by atoms with van der Waals surface area (Å²) < 4.78 is 6.23. The van der Waals surface area contributed by atoms with Gasteiger partial charge in [-0.25, -0.2) is 4.79 Å². The van der Waals surface area contributed by atoms with E-state index in [2.05, 4.69) is 4.98 Å². The van der Waals surface area contributed by atoms with Crippen LogP contribution in [0.25, 0.3) is 0 Å². The molecule has 0 fully saturated rings. The number of hydrogen-bond acceptors (Lipinski definition) is 5. The number of nitrogens with one attached hydrogen (secondary N) is 1. The Morgan fingerprint density at radius 2 is 1.78 bits per heavy atom. The first kappa shape index (κ1) is 23.3. The topological polar surface area (TPSA) is 110 Å². The van der Waals surface area contributed by atoms with Crippen LogP contribution in [-0.4, -0.2) is 29.2 Å². The van der Waals surface area contributed by atoms with Gasteiger partial charge in [0.1, 0.15) is 5.82 Å². The number of nitrogens with two attached hydrogens (primary N) is 1. The Labute approximate surface area is 190 Å². The summed E-state index contributed by atoms with van der Waals surface area (Å²) in [5.74, 6) is -0.371. The van der Waals surface area contributed by atoms with E-state index in [9.17, 15) is 14.4 Å². The fraction of sp³-hybridized carbons (Fsp3) is 0.261. The minimum Gasteiger partial charge on any atom is -0.383 e. The molecule has 32 heavy (non-hydrogen) atoms. The summed E-state index contributed by atoms with van der Waals surface area (Å²) in [5.41, 5.74) is 6.57. The van der Waals surface area contributed by atoms with Crippen molar-refractivity contribution in [1.82, 2.24) is 9.55 Å². The molecule has 1 amide bonds. The van der Waals surface area contributed by atoms with Gasteiger partial charge < -0.3 is 15.4 Å². The van der Waals surface area contributed by atoms with E-state index in [0.29, 0.717) is 11.4 Å². The van der Waals surface area contributed by atoms with Crippen LogP contribution in [0.2, 0.25) is 5.02 Å². The van der Waals surface area contributed by atoms with Crippen LogP contribution in [0.3, 0.4) is 0 Å². The van der Waals surface area contributed by atoms with Crippen LogP contribution in [0, 0.1) is 0 Å². The summed E-state index contributed by atoms with van der Waals surface area (Å²) in [5, 5.41) is 0.614. The number of halogens is 1. The third kappa shape index (κ3) is 5.66. The highest BCUT2D eigenvalue weighted by atomic mass is 35.5. The second-order valence-electron chi connectivity index (χ2n) is 7.23. The maximum absolute atomic E-state index is 13.3. The van der Waals surface area contributed by atoms with Gasteiger partial charge in [0.15, 0.2) is 5.69 Å². The van der Waals surface area contributed by atoms with Gasteiger partial charge in [-0.15, -0.1) is 0 Å². The summed E-state index contributed by atoms with van der Waals surface area (Å²) in [6, 6.07) is 16.5. The van der Waals surface area contributed by atoms with Gasteiger partial charge in [0, 0.05) is 18.6 Å². The molecule has 168 valence electrons. The first-order chi connectivity index (χ1) is 15.4. The molecule has 0 saturated heterocycles. The van der Waals surface area contributed by atoms with Crippen molar-refractivity contribution in [3.8, 4) is 0 Å². The smallest absolute Gasteiger partial charge is 0.330 e. The van der Waals surface area contributed by atoms with Crippen LogP contribution in [0.1, 0.15) is 17.5 Å². The maximum atomic E-state index is 13.3. The molecule has 3 N–H and O–H groups in total. The van der Waals surface area contributed by atoms with Gasteiger partial charge in [-0.1, -0.05) is 54.1 Å². The molecule has 2 aromatic carbocycles. The fourth-order valence-electron chi connectivity index (χ4n) is 3.34. The molecule has 1 aromatic heterocycles. The predicted molar refractivity (Wildman–Crippen MR) is 125 cm³/mol. The number of aromatic amines is 1. The van der Waals surface area contributed by atoms with Gasteiger partial charge in [-0.3, -0.25) is 19.1 Å². The molecule has 8 nitrogen and oxygen atoms in total. The second-order valence-corrected chi connectivity index (χ2v) is 7.67. The summed E-state index contributed by atoms with van der Waals surface area (Å²) in [4.78, 5) is 41.9. The number of aryl methyl sites for hydroxylation is 1. The summed E-state index contributed by atoms with van der Waals surface area (Å²) in [7, 11) is 1.50. The molecule has 0 unspecified atom stereocenters. The molecule has 0 aliphatic heterocycles. The van der Waals surface area contributed by atoms with Crippen molar-refractivity contribution in [2.75, 3.05) is 24.4 Å². The number of rotatable bonds is 9. The lowest BCUT2D eigenvalue weighted by Gasteiger charge is -2.25. The molecule has 9 heteroatoms. The average molecular weight is 457 g/mol. The Hall–Kier alpha value is -3.36. The maximum Gasteiger partial charge on any atom is 0.330 e. The van der Waals surface area contributed by atoms with Crippen LogP contribution in [-0.2, 0) is 29.0 Å². The third-order valence-electron chi connectivity index (χ3n) is 5.03. The standard InChI is InChI=1S/C23H25ClN4O4/c1-32-14-13-27-21(25)20(22(30)26-23(27)31)28(15-17-5-3-2-4-6-17)19(29)12-9-16-7-10-18(24)11-8-16/h2-8,10-11H,9,12-15,25H2,1H3,(H,26,30,31). The fourth-order valence-corrected chi connectivity index (χ4v) is 3.46. The number of aromatic nitrogens is 2. The number of amides is 1. The van der Waals surface area contributed by atoms with E-state index in [0.717, 1.165) is 11.1 Å². The van der Waals surface area contributed by atoms with Gasteiger partial charge in [0.05, 0.1) is 19.7 Å². The first-order valence-electron chi connectivity index (χ1n) is 10.1.